The van der Waals surface area contributed by atoms with Gasteiger partial charge in [0.05, 0.1) is 18.6 Å². The molecule has 5 N–H and O–H groups in total. The molecule has 0 heterocycles. The number of aliphatic carboxylic acids is 1. The normalized spacial score (nSPS) is 12.8. The summed E-state index contributed by atoms with van der Waals surface area (Å²) in [5.41, 5.74) is 0. The lowest BCUT2D eigenvalue weighted by Gasteiger charge is -2.14. The van der Waals surface area contributed by atoms with Crippen molar-refractivity contribution in [2.45, 2.75) is 38.9 Å². The van der Waals surface area contributed by atoms with Crippen LogP contribution >= 0.6 is 0 Å². The zero-order valence-electron chi connectivity index (χ0n) is 10.4. The predicted molar refractivity (Wildman–Crippen MR) is 62.7 cm³/mol. The third kappa shape index (κ3) is 12.6. The van der Waals surface area contributed by atoms with Crippen LogP contribution in [0.25, 0.3) is 0 Å². The summed E-state index contributed by atoms with van der Waals surface area (Å²) in [6, 6.07) is -0.443. The maximum absolute atomic E-state index is 10.7. The second kappa shape index (κ2) is 11.2. The molecule has 7 nitrogen and oxygen atoms in total. The molecule has 7 heteroatoms. The van der Waals surface area contributed by atoms with E-state index in [4.69, 9.17) is 10.2 Å². The van der Waals surface area contributed by atoms with Crippen LogP contribution in [-0.4, -0.2) is 53.1 Å². The Hall–Kier alpha value is -1.34. The van der Waals surface area contributed by atoms with Crippen LogP contribution in [0.15, 0.2) is 0 Å². The summed E-state index contributed by atoms with van der Waals surface area (Å²) in [5, 5.41) is 31.4. The molecule has 0 fully saturated rings. The molecule has 2 atom stereocenters. The Morgan fingerprint density at radius 3 is 2.12 bits per heavy atom. The predicted octanol–water partition coefficient (Wildman–Crippen LogP) is -0.472. The third-order valence-corrected chi connectivity index (χ3v) is 1.68. The quantitative estimate of drug-likeness (QED) is 0.436. The van der Waals surface area contributed by atoms with Crippen LogP contribution in [0, 0.1) is 0 Å². The standard InChI is InChI=1S/C8H16N2O5.C2H6/c1-9-8(15)10-4-6(12)2-5(11)3-7(13)14;1-2/h5-6,11-12H,2-4H2,1H3,(H,13,14)(H2,9,10,15);1-2H3. The minimum Gasteiger partial charge on any atom is -0.481 e. The second-order valence-corrected chi connectivity index (χ2v) is 3.10. The number of carbonyl (C=O) groups is 2. The van der Waals surface area contributed by atoms with Gasteiger partial charge >= 0.3 is 12.0 Å². The second-order valence-electron chi connectivity index (χ2n) is 3.10. The Labute approximate surface area is 101 Å². The molecular formula is C10H22N2O5. The van der Waals surface area contributed by atoms with Crippen LogP contribution < -0.4 is 10.6 Å². The van der Waals surface area contributed by atoms with Gasteiger partial charge in [-0.25, -0.2) is 4.79 Å². The van der Waals surface area contributed by atoms with Gasteiger partial charge in [-0.3, -0.25) is 4.79 Å². The summed E-state index contributed by atoms with van der Waals surface area (Å²) in [6.07, 6.45) is -2.58. The van der Waals surface area contributed by atoms with Crippen LogP contribution in [0.4, 0.5) is 4.79 Å². The molecule has 0 aromatic carbocycles. The SMILES string of the molecule is CC.CNC(=O)NCC(O)CC(O)CC(=O)O. The molecule has 0 aliphatic rings. The summed E-state index contributed by atoms with van der Waals surface area (Å²) >= 11 is 0. The molecule has 0 aromatic heterocycles. The van der Waals surface area contributed by atoms with Crippen LogP contribution in [0.5, 0.6) is 0 Å². The van der Waals surface area contributed by atoms with Crippen molar-refractivity contribution in [2.24, 2.45) is 0 Å². The van der Waals surface area contributed by atoms with E-state index in [-0.39, 0.29) is 13.0 Å². The fourth-order valence-electron chi connectivity index (χ4n) is 0.981. The number of rotatable bonds is 6. The molecule has 102 valence electrons. The van der Waals surface area contributed by atoms with E-state index in [0.29, 0.717) is 0 Å². The smallest absolute Gasteiger partial charge is 0.314 e. The highest BCUT2D eigenvalue weighted by Crippen LogP contribution is 2.01. The van der Waals surface area contributed by atoms with Gasteiger partial charge in [0, 0.05) is 20.0 Å². The van der Waals surface area contributed by atoms with Gasteiger partial charge in [0.15, 0.2) is 0 Å². The highest BCUT2D eigenvalue weighted by molar-refractivity contribution is 5.73. The lowest BCUT2D eigenvalue weighted by molar-refractivity contribution is -0.139. The Morgan fingerprint density at radius 2 is 1.71 bits per heavy atom. The van der Waals surface area contributed by atoms with Gasteiger partial charge in [-0.05, 0) is 0 Å². The monoisotopic (exact) mass is 250 g/mol. The van der Waals surface area contributed by atoms with Crippen molar-refractivity contribution in [3.63, 3.8) is 0 Å². The molecular weight excluding hydrogens is 228 g/mol. The van der Waals surface area contributed by atoms with Crippen LogP contribution in [0.2, 0.25) is 0 Å². The van der Waals surface area contributed by atoms with Crippen molar-refractivity contribution in [1.82, 2.24) is 10.6 Å². The summed E-state index contributed by atoms with van der Waals surface area (Å²) < 4.78 is 0. The van der Waals surface area contributed by atoms with E-state index in [1.54, 1.807) is 0 Å². The van der Waals surface area contributed by atoms with E-state index in [2.05, 4.69) is 10.6 Å². The van der Waals surface area contributed by atoms with Crippen LogP contribution in [0.3, 0.4) is 0 Å². The van der Waals surface area contributed by atoms with Crippen molar-refractivity contribution >= 4 is 12.0 Å². The van der Waals surface area contributed by atoms with Gasteiger partial charge in [0.25, 0.3) is 0 Å². The van der Waals surface area contributed by atoms with Crippen molar-refractivity contribution in [3.8, 4) is 0 Å². The highest BCUT2D eigenvalue weighted by atomic mass is 16.4. The minimum atomic E-state index is -1.13. The number of urea groups is 1. The average molecular weight is 250 g/mol. The maximum atomic E-state index is 10.7. The number of hydrogen-bond acceptors (Lipinski definition) is 4. The Kier molecular flexibility index (Phi) is 11.8. The van der Waals surface area contributed by atoms with Gasteiger partial charge in [0.2, 0.25) is 0 Å². The van der Waals surface area contributed by atoms with Crippen molar-refractivity contribution in [3.05, 3.63) is 0 Å². The van der Waals surface area contributed by atoms with Gasteiger partial charge in [-0.15, -0.1) is 0 Å². The molecule has 2 amide bonds. The van der Waals surface area contributed by atoms with Crippen molar-refractivity contribution in [2.75, 3.05) is 13.6 Å². The highest BCUT2D eigenvalue weighted by Gasteiger charge is 2.15. The van der Waals surface area contributed by atoms with E-state index in [9.17, 15) is 14.7 Å². The molecule has 0 saturated carbocycles. The number of amides is 2. The largest absolute Gasteiger partial charge is 0.481 e. The molecule has 0 aliphatic heterocycles. The van der Waals surface area contributed by atoms with Gasteiger partial charge in [-0.1, -0.05) is 13.8 Å². The maximum Gasteiger partial charge on any atom is 0.314 e. The number of carbonyl (C=O) groups excluding carboxylic acids is 1. The number of aliphatic hydroxyl groups excluding tert-OH is 2. The molecule has 0 radical (unpaired) electrons. The van der Waals surface area contributed by atoms with E-state index in [1.807, 2.05) is 13.8 Å². The first-order valence-electron chi connectivity index (χ1n) is 5.49. The number of carboxylic acid groups (broad SMARTS) is 1. The van der Waals surface area contributed by atoms with E-state index >= 15 is 0 Å². The fourth-order valence-corrected chi connectivity index (χ4v) is 0.981. The van der Waals surface area contributed by atoms with Gasteiger partial charge < -0.3 is 26.0 Å². The third-order valence-electron chi connectivity index (χ3n) is 1.68. The molecule has 0 aromatic rings. The van der Waals surface area contributed by atoms with Crippen molar-refractivity contribution in [1.29, 1.82) is 0 Å². The summed E-state index contributed by atoms with van der Waals surface area (Å²) in [4.78, 5) is 20.9. The minimum absolute atomic E-state index is 0.0314. The fraction of sp³-hybridized carbons (Fsp3) is 0.800. The van der Waals surface area contributed by atoms with Crippen molar-refractivity contribution < 1.29 is 24.9 Å². The first-order chi connectivity index (χ1) is 7.95. The zero-order chi connectivity index (χ0) is 13.8. The average Bonchev–Trinajstić information content (AvgIpc) is 2.27. The number of nitrogens with one attached hydrogen (secondary N) is 2. The van der Waals surface area contributed by atoms with Crippen LogP contribution in [0.1, 0.15) is 26.7 Å². The molecule has 0 saturated heterocycles. The number of aliphatic hydroxyl groups is 2. The molecule has 0 aliphatic carbocycles. The summed E-state index contributed by atoms with van der Waals surface area (Å²) in [7, 11) is 1.43. The molecule has 17 heavy (non-hydrogen) atoms. The van der Waals surface area contributed by atoms with E-state index < -0.39 is 30.6 Å². The van der Waals surface area contributed by atoms with Gasteiger partial charge in [-0.2, -0.15) is 0 Å². The molecule has 0 spiro atoms. The Bertz CT molecular complexity index is 223. The van der Waals surface area contributed by atoms with E-state index in [1.165, 1.54) is 7.05 Å². The number of hydrogen-bond donors (Lipinski definition) is 5. The first-order valence-corrected chi connectivity index (χ1v) is 5.49. The Balaban J connectivity index is 0. The zero-order valence-corrected chi connectivity index (χ0v) is 10.4. The molecule has 0 rings (SSSR count). The first kappa shape index (κ1) is 18.0. The summed E-state index contributed by atoms with van der Waals surface area (Å²) in [6.45, 7) is 3.97. The topological polar surface area (TPSA) is 119 Å². The number of carboxylic acids is 1. The van der Waals surface area contributed by atoms with E-state index in [0.717, 1.165) is 0 Å². The van der Waals surface area contributed by atoms with Crippen LogP contribution in [-0.2, 0) is 4.79 Å². The van der Waals surface area contributed by atoms with Gasteiger partial charge in [0.1, 0.15) is 0 Å². The Morgan fingerprint density at radius 1 is 1.18 bits per heavy atom. The lowest BCUT2D eigenvalue weighted by atomic mass is 10.1. The molecule has 0 bridgehead atoms. The summed E-state index contributed by atoms with van der Waals surface area (Å²) in [5.74, 6) is -1.13. The molecule has 2 unspecified atom stereocenters. The lowest BCUT2D eigenvalue weighted by Crippen LogP contribution is -2.39.